The SMILES string of the molecule is O=C1O[C@@H]2C[C@@]1(O)C[C@H]1OC3(CCCCC3)O[C@@H]21. The molecule has 1 spiro atoms. The first-order chi connectivity index (χ1) is 8.60. The van der Waals surface area contributed by atoms with Gasteiger partial charge in [-0.1, -0.05) is 6.42 Å². The minimum Gasteiger partial charge on any atom is -0.457 e. The Morgan fingerprint density at radius 3 is 2.56 bits per heavy atom. The van der Waals surface area contributed by atoms with E-state index in [1.165, 1.54) is 6.42 Å². The molecule has 5 nitrogen and oxygen atoms in total. The Balaban J connectivity index is 1.59. The van der Waals surface area contributed by atoms with E-state index < -0.39 is 17.4 Å². The summed E-state index contributed by atoms with van der Waals surface area (Å²) in [6, 6.07) is 0. The summed E-state index contributed by atoms with van der Waals surface area (Å²) in [7, 11) is 0. The second-order valence-electron chi connectivity index (χ2n) is 6.09. The molecule has 0 radical (unpaired) electrons. The normalized spacial score (nSPS) is 49.2. The zero-order chi connectivity index (χ0) is 12.4. The summed E-state index contributed by atoms with van der Waals surface area (Å²) in [4.78, 5) is 11.6. The van der Waals surface area contributed by atoms with Crippen molar-refractivity contribution < 1.29 is 24.1 Å². The van der Waals surface area contributed by atoms with Crippen molar-refractivity contribution in [3.8, 4) is 0 Å². The maximum Gasteiger partial charge on any atom is 0.338 e. The Kier molecular flexibility index (Phi) is 2.16. The molecule has 4 atom stereocenters. The average molecular weight is 254 g/mol. The maximum atomic E-state index is 11.6. The van der Waals surface area contributed by atoms with Crippen LogP contribution >= 0.6 is 0 Å². The molecular formula is C13H18O5. The van der Waals surface area contributed by atoms with Crippen LogP contribution in [0.25, 0.3) is 0 Å². The second kappa shape index (κ2) is 3.46. The zero-order valence-electron chi connectivity index (χ0n) is 10.3. The topological polar surface area (TPSA) is 65.0 Å². The van der Waals surface area contributed by atoms with Crippen molar-refractivity contribution in [2.24, 2.45) is 0 Å². The molecule has 2 heterocycles. The predicted octanol–water partition coefficient (Wildman–Crippen LogP) is 0.881. The number of fused-ring (bicyclic) bond motifs is 4. The van der Waals surface area contributed by atoms with E-state index in [1.807, 2.05) is 0 Å². The fourth-order valence-corrected chi connectivity index (χ4v) is 3.88. The van der Waals surface area contributed by atoms with Crippen LogP contribution < -0.4 is 0 Å². The molecule has 2 saturated carbocycles. The summed E-state index contributed by atoms with van der Waals surface area (Å²) in [6.45, 7) is 0. The van der Waals surface area contributed by atoms with Gasteiger partial charge < -0.3 is 19.3 Å². The highest BCUT2D eigenvalue weighted by molar-refractivity contribution is 5.82. The minimum absolute atomic E-state index is 0.185. The van der Waals surface area contributed by atoms with E-state index in [4.69, 9.17) is 14.2 Å². The van der Waals surface area contributed by atoms with Crippen molar-refractivity contribution in [2.45, 2.75) is 74.6 Å². The van der Waals surface area contributed by atoms with E-state index in [2.05, 4.69) is 0 Å². The van der Waals surface area contributed by atoms with Crippen LogP contribution in [-0.2, 0) is 19.0 Å². The summed E-state index contributed by atoms with van der Waals surface area (Å²) < 4.78 is 17.4. The highest BCUT2D eigenvalue weighted by Gasteiger charge is 2.63. The lowest BCUT2D eigenvalue weighted by atomic mass is 9.82. The van der Waals surface area contributed by atoms with Crippen LogP contribution in [0.3, 0.4) is 0 Å². The van der Waals surface area contributed by atoms with Crippen LogP contribution in [0.15, 0.2) is 0 Å². The number of esters is 1. The first kappa shape index (κ1) is 11.2. The fraction of sp³-hybridized carbons (Fsp3) is 0.923. The molecule has 2 bridgehead atoms. The number of ether oxygens (including phenoxy) is 3. The molecule has 100 valence electrons. The molecule has 0 unspecified atom stereocenters. The van der Waals surface area contributed by atoms with E-state index in [0.29, 0.717) is 12.8 Å². The first-order valence-electron chi connectivity index (χ1n) is 6.89. The fourth-order valence-electron chi connectivity index (χ4n) is 3.88. The highest BCUT2D eigenvalue weighted by Crippen LogP contribution is 2.49. The van der Waals surface area contributed by atoms with E-state index >= 15 is 0 Å². The molecule has 2 aliphatic heterocycles. The Morgan fingerprint density at radius 1 is 1.06 bits per heavy atom. The Bertz CT molecular complexity index is 389. The lowest BCUT2D eigenvalue weighted by Crippen LogP contribution is -2.47. The van der Waals surface area contributed by atoms with Gasteiger partial charge in [0.25, 0.3) is 0 Å². The second-order valence-corrected chi connectivity index (χ2v) is 6.09. The van der Waals surface area contributed by atoms with Crippen molar-refractivity contribution in [1.82, 2.24) is 0 Å². The van der Waals surface area contributed by atoms with Crippen molar-refractivity contribution in [1.29, 1.82) is 0 Å². The first-order valence-corrected chi connectivity index (χ1v) is 6.89. The zero-order valence-corrected chi connectivity index (χ0v) is 10.3. The average Bonchev–Trinajstić information content (AvgIpc) is 2.79. The van der Waals surface area contributed by atoms with Gasteiger partial charge in [-0.05, 0) is 12.8 Å². The van der Waals surface area contributed by atoms with Gasteiger partial charge in [-0.3, -0.25) is 0 Å². The number of rotatable bonds is 0. The molecule has 18 heavy (non-hydrogen) atoms. The van der Waals surface area contributed by atoms with Crippen LogP contribution in [0.1, 0.15) is 44.9 Å². The van der Waals surface area contributed by atoms with Gasteiger partial charge in [0.05, 0.1) is 6.10 Å². The Morgan fingerprint density at radius 2 is 1.78 bits per heavy atom. The van der Waals surface area contributed by atoms with Gasteiger partial charge in [-0.2, -0.15) is 0 Å². The Hall–Kier alpha value is -0.650. The van der Waals surface area contributed by atoms with Crippen LogP contribution in [0, 0.1) is 0 Å². The van der Waals surface area contributed by atoms with Crippen molar-refractivity contribution in [3.05, 3.63) is 0 Å². The molecule has 4 rings (SSSR count). The quantitative estimate of drug-likeness (QED) is 0.650. The van der Waals surface area contributed by atoms with Gasteiger partial charge in [-0.25, -0.2) is 4.79 Å². The van der Waals surface area contributed by atoms with Crippen LogP contribution in [0.2, 0.25) is 0 Å². The highest BCUT2D eigenvalue weighted by atomic mass is 16.8. The molecule has 4 aliphatic rings. The molecule has 5 heteroatoms. The monoisotopic (exact) mass is 254 g/mol. The summed E-state index contributed by atoms with van der Waals surface area (Å²) in [6.07, 6.45) is 5.25. The van der Waals surface area contributed by atoms with E-state index in [0.717, 1.165) is 25.7 Å². The van der Waals surface area contributed by atoms with Gasteiger partial charge in [0, 0.05) is 25.7 Å². The summed E-state index contributed by atoms with van der Waals surface area (Å²) in [5, 5.41) is 10.2. The predicted molar refractivity (Wildman–Crippen MR) is 59.6 cm³/mol. The third-order valence-electron chi connectivity index (χ3n) is 4.78. The van der Waals surface area contributed by atoms with Gasteiger partial charge in [0.15, 0.2) is 11.4 Å². The maximum absolute atomic E-state index is 11.6. The molecular weight excluding hydrogens is 236 g/mol. The van der Waals surface area contributed by atoms with Gasteiger partial charge in [0.1, 0.15) is 12.2 Å². The van der Waals surface area contributed by atoms with Crippen molar-refractivity contribution in [3.63, 3.8) is 0 Å². The van der Waals surface area contributed by atoms with Crippen molar-refractivity contribution >= 4 is 5.97 Å². The number of carbonyl (C=O) groups is 1. The molecule has 0 aromatic carbocycles. The minimum atomic E-state index is -1.34. The number of hydrogen-bond acceptors (Lipinski definition) is 5. The molecule has 0 aromatic heterocycles. The standard InChI is InChI=1S/C13H18O5/c14-11-12(15)6-8(16-11)10-9(7-12)17-13(18-10)4-2-1-3-5-13/h8-10,15H,1-7H2/t8-,9-,10+,12-/m1/s1. The molecule has 2 saturated heterocycles. The van der Waals surface area contributed by atoms with Crippen LogP contribution in [-0.4, -0.2) is 40.8 Å². The largest absolute Gasteiger partial charge is 0.457 e. The van der Waals surface area contributed by atoms with Gasteiger partial charge >= 0.3 is 5.97 Å². The molecule has 1 N–H and O–H groups in total. The molecule has 0 aromatic rings. The summed E-state index contributed by atoms with van der Waals surface area (Å²) >= 11 is 0. The van der Waals surface area contributed by atoms with Crippen molar-refractivity contribution in [2.75, 3.05) is 0 Å². The van der Waals surface area contributed by atoms with Crippen LogP contribution in [0.5, 0.6) is 0 Å². The summed E-state index contributed by atoms with van der Waals surface area (Å²) in [5.41, 5.74) is -1.34. The third kappa shape index (κ3) is 1.41. The van der Waals surface area contributed by atoms with E-state index in [9.17, 15) is 9.90 Å². The number of carbonyl (C=O) groups excluding carboxylic acids is 1. The molecule has 0 amide bonds. The van der Waals surface area contributed by atoms with Crippen LogP contribution in [0.4, 0.5) is 0 Å². The lowest BCUT2D eigenvalue weighted by Gasteiger charge is -2.32. The molecule has 4 fully saturated rings. The summed E-state index contributed by atoms with van der Waals surface area (Å²) in [5.74, 6) is -0.979. The van der Waals surface area contributed by atoms with E-state index in [-0.39, 0.29) is 18.3 Å². The van der Waals surface area contributed by atoms with Gasteiger partial charge in [-0.15, -0.1) is 0 Å². The Labute approximate surface area is 105 Å². The van der Waals surface area contributed by atoms with E-state index in [1.54, 1.807) is 0 Å². The number of aliphatic hydroxyl groups is 1. The number of hydrogen-bond donors (Lipinski definition) is 1. The van der Waals surface area contributed by atoms with Gasteiger partial charge in [0.2, 0.25) is 0 Å². The lowest BCUT2D eigenvalue weighted by molar-refractivity contribution is -0.203. The third-order valence-corrected chi connectivity index (χ3v) is 4.78. The molecule has 2 aliphatic carbocycles. The smallest absolute Gasteiger partial charge is 0.338 e.